The van der Waals surface area contributed by atoms with Gasteiger partial charge in [-0.25, -0.2) is 0 Å². The summed E-state index contributed by atoms with van der Waals surface area (Å²) in [6, 6.07) is 10.9. The molecule has 136 valence electrons. The predicted octanol–water partition coefficient (Wildman–Crippen LogP) is 3.74. The fourth-order valence-electron chi connectivity index (χ4n) is 2.25. The van der Waals surface area contributed by atoms with Crippen LogP contribution in [0.15, 0.2) is 46.8 Å². The van der Waals surface area contributed by atoms with Crippen molar-refractivity contribution in [1.29, 1.82) is 0 Å². The number of halogens is 1. The molecule has 0 fully saturated rings. The zero-order valence-corrected chi connectivity index (χ0v) is 17.0. The number of hydrogen-bond donors (Lipinski definition) is 2. The van der Waals surface area contributed by atoms with Crippen LogP contribution < -0.4 is 11.1 Å². The van der Waals surface area contributed by atoms with Crippen LogP contribution in [0.4, 0.5) is 5.69 Å². The lowest BCUT2D eigenvalue weighted by Crippen LogP contribution is -2.33. The van der Waals surface area contributed by atoms with Crippen LogP contribution in [0.25, 0.3) is 0 Å². The smallest absolute Gasteiger partial charge is 0.269 e. The van der Waals surface area contributed by atoms with E-state index in [-0.39, 0.29) is 34.6 Å². The molecule has 0 unspecified atom stereocenters. The average molecular weight is 474 g/mol. The number of guanidine groups is 1. The Labute approximate surface area is 168 Å². The topological polar surface area (TPSA) is 93.5 Å². The Hall–Kier alpha value is -1.68. The fourth-order valence-corrected chi connectivity index (χ4v) is 2.96. The van der Waals surface area contributed by atoms with Crippen LogP contribution in [0.2, 0.25) is 0 Å². The summed E-state index contributed by atoms with van der Waals surface area (Å²) >= 11 is 1.74. The Balaban J connectivity index is 0.00000312. The van der Waals surface area contributed by atoms with Crippen molar-refractivity contribution in [2.24, 2.45) is 10.7 Å². The van der Waals surface area contributed by atoms with E-state index in [0.29, 0.717) is 12.5 Å². The van der Waals surface area contributed by atoms with Crippen LogP contribution in [0.3, 0.4) is 0 Å². The second-order valence-corrected chi connectivity index (χ2v) is 6.44. The van der Waals surface area contributed by atoms with Gasteiger partial charge in [0.15, 0.2) is 5.96 Å². The van der Waals surface area contributed by atoms with Gasteiger partial charge in [-0.05, 0) is 42.7 Å². The number of benzene rings is 1. The molecule has 0 saturated carbocycles. The highest BCUT2D eigenvalue weighted by molar-refractivity contribution is 14.0. The minimum atomic E-state index is -0.382. The first kappa shape index (κ1) is 21.4. The molecule has 0 amide bonds. The van der Waals surface area contributed by atoms with Crippen LogP contribution >= 0.6 is 35.3 Å². The Kier molecular flexibility index (Phi) is 10.1. The van der Waals surface area contributed by atoms with E-state index in [1.54, 1.807) is 23.5 Å². The molecule has 0 saturated heterocycles. The van der Waals surface area contributed by atoms with Crippen LogP contribution in [0, 0.1) is 10.1 Å². The Morgan fingerprint density at radius 3 is 2.60 bits per heavy atom. The summed E-state index contributed by atoms with van der Waals surface area (Å²) in [7, 11) is 0. The van der Waals surface area contributed by atoms with E-state index in [2.05, 4.69) is 21.8 Å². The monoisotopic (exact) mass is 474 g/mol. The van der Waals surface area contributed by atoms with E-state index in [1.807, 2.05) is 18.2 Å². The molecule has 0 bridgehead atoms. The first-order valence-corrected chi connectivity index (χ1v) is 8.82. The molecule has 6 nitrogen and oxygen atoms in total. The van der Waals surface area contributed by atoms with Gasteiger partial charge in [0.1, 0.15) is 0 Å². The molecule has 25 heavy (non-hydrogen) atoms. The van der Waals surface area contributed by atoms with Crippen molar-refractivity contribution in [1.82, 2.24) is 5.32 Å². The Bertz CT molecular complexity index is 660. The molecule has 0 spiro atoms. The number of nitrogens with one attached hydrogen (secondary N) is 1. The third-order valence-corrected chi connectivity index (χ3v) is 4.50. The van der Waals surface area contributed by atoms with Crippen LogP contribution in [0.1, 0.15) is 23.3 Å². The summed E-state index contributed by atoms with van der Waals surface area (Å²) in [6.45, 7) is 1.48. The van der Waals surface area contributed by atoms with Crippen molar-refractivity contribution < 1.29 is 4.92 Å². The van der Waals surface area contributed by atoms with Crippen LogP contribution in [0.5, 0.6) is 0 Å². The number of unbranched alkanes of at least 4 members (excludes halogenated alkanes) is 1. The second-order valence-electron chi connectivity index (χ2n) is 5.40. The summed E-state index contributed by atoms with van der Waals surface area (Å²) in [4.78, 5) is 15.8. The van der Waals surface area contributed by atoms with Gasteiger partial charge in [0.05, 0.1) is 4.92 Å². The fraction of sp³-hybridized carbons (Fsp3) is 0.353. The molecule has 0 aliphatic heterocycles. The van der Waals surface area contributed by atoms with E-state index in [9.17, 15) is 10.1 Å². The van der Waals surface area contributed by atoms with E-state index in [1.165, 1.54) is 4.88 Å². The van der Waals surface area contributed by atoms with Crippen molar-refractivity contribution in [2.75, 3.05) is 13.1 Å². The van der Waals surface area contributed by atoms with Crippen molar-refractivity contribution in [3.63, 3.8) is 0 Å². The third-order valence-electron chi connectivity index (χ3n) is 3.56. The Morgan fingerprint density at radius 1 is 1.20 bits per heavy atom. The zero-order valence-electron chi connectivity index (χ0n) is 13.9. The number of non-ortho nitro benzene ring substituents is 1. The molecule has 0 radical (unpaired) electrons. The lowest BCUT2D eigenvalue weighted by molar-refractivity contribution is -0.384. The molecular formula is C17H23IN4O2S. The number of nitro benzene ring substituents is 1. The minimum absolute atomic E-state index is 0. The summed E-state index contributed by atoms with van der Waals surface area (Å²) in [5, 5.41) is 15.8. The number of rotatable bonds is 9. The highest BCUT2D eigenvalue weighted by atomic mass is 127. The van der Waals surface area contributed by atoms with Gasteiger partial charge in [0.2, 0.25) is 0 Å². The van der Waals surface area contributed by atoms with Crippen molar-refractivity contribution in [2.45, 2.75) is 25.7 Å². The highest BCUT2D eigenvalue weighted by Gasteiger charge is 2.03. The molecule has 3 N–H and O–H groups in total. The zero-order chi connectivity index (χ0) is 17.2. The molecule has 0 aliphatic rings. The van der Waals surface area contributed by atoms with Crippen LogP contribution in [-0.4, -0.2) is 24.0 Å². The molecule has 0 atom stereocenters. The SMILES string of the molecule is I.NC(=NCCCCc1ccc([N+](=O)[O-])cc1)NCCc1cccs1. The standard InChI is InChI=1S/C17H22N4O2S.HI/c18-17(20-12-10-16-5-3-13-24-16)19-11-2-1-4-14-6-8-15(9-7-14)21(22)23;/h3,5-9,13H,1-2,4,10-12H2,(H3,18,19,20);1H. The van der Waals surface area contributed by atoms with Gasteiger partial charge in [-0.2, -0.15) is 0 Å². The van der Waals surface area contributed by atoms with Crippen molar-refractivity contribution in [3.05, 3.63) is 62.3 Å². The van der Waals surface area contributed by atoms with Crippen molar-refractivity contribution >= 4 is 47.0 Å². The van der Waals surface area contributed by atoms with E-state index < -0.39 is 0 Å². The number of nitrogens with zero attached hydrogens (tertiary/aromatic N) is 2. The average Bonchev–Trinajstić information content (AvgIpc) is 3.08. The van der Waals surface area contributed by atoms with Gasteiger partial charge in [-0.1, -0.05) is 18.2 Å². The molecular weight excluding hydrogens is 451 g/mol. The number of aryl methyl sites for hydroxylation is 1. The molecule has 1 aromatic heterocycles. The highest BCUT2D eigenvalue weighted by Crippen LogP contribution is 2.13. The van der Waals surface area contributed by atoms with Gasteiger partial charge in [-0.3, -0.25) is 15.1 Å². The summed E-state index contributed by atoms with van der Waals surface area (Å²) in [5.74, 6) is 0.488. The first-order chi connectivity index (χ1) is 11.6. The van der Waals surface area contributed by atoms with E-state index in [4.69, 9.17) is 5.73 Å². The summed E-state index contributed by atoms with van der Waals surface area (Å²) in [5.41, 5.74) is 7.06. The molecule has 1 aromatic carbocycles. The summed E-state index contributed by atoms with van der Waals surface area (Å²) < 4.78 is 0. The Morgan fingerprint density at radius 2 is 1.96 bits per heavy atom. The molecule has 8 heteroatoms. The summed E-state index contributed by atoms with van der Waals surface area (Å²) in [6.07, 6.45) is 3.75. The van der Waals surface area contributed by atoms with Crippen LogP contribution in [-0.2, 0) is 12.8 Å². The maximum absolute atomic E-state index is 10.6. The van der Waals surface area contributed by atoms with Crippen molar-refractivity contribution in [3.8, 4) is 0 Å². The van der Waals surface area contributed by atoms with Gasteiger partial charge in [0, 0.05) is 30.1 Å². The molecule has 2 rings (SSSR count). The lowest BCUT2D eigenvalue weighted by Gasteiger charge is -2.05. The maximum atomic E-state index is 10.6. The molecule has 1 heterocycles. The number of aliphatic imine (C=N–C) groups is 1. The number of thiophene rings is 1. The third kappa shape index (κ3) is 8.30. The normalized spacial score (nSPS) is 11.0. The molecule has 0 aliphatic carbocycles. The first-order valence-electron chi connectivity index (χ1n) is 7.94. The van der Waals surface area contributed by atoms with E-state index in [0.717, 1.165) is 37.8 Å². The predicted molar refractivity (Wildman–Crippen MR) is 114 cm³/mol. The van der Waals surface area contributed by atoms with Gasteiger partial charge in [0.25, 0.3) is 5.69 Å². The van der Waals surface area contributed by atoms with Gasteiger partial charge in [-0.15, -0.1) is 35.3 Å². The van der Waals surface area contributed by atoms with E-state index >= 15 is 0 Å². The molecule has 2 aromatic rings. The quantitative estimate of drug-likeness (QED) is 0.145. The minimum Gasteiger partial charge on any atom is -0.370 e. The number of nitrogens with two attached hydrogens (primary N) is 1. The number of hydrogen-bond acceptors (Lipinski definition) is 4. The maximum Gasteiger partial charge on any atom is 0.269 e. The van der Waals surface area contributed by atoms with Gasteiger partial charge < -0.3 is 11.1 Å². The second kappa shape index (κ2) is 11.8. The largest absolute Gasteiger partial charge is 0.370 e. The number of nitro groups is 1. The lowest BCUT2D eigenvalue weighted by atomic mass is 10.1. The van der Waals surface area contributed by atoms with Gasteiger partial charge >= 0.3 is 0 Å².